The van der Waals surface area contributed by atoms with E-state index in [2.05, 4.69) is 10.3 Å². The molecule has 0 aliphatic rings. The van der Waals surface area contributed by atoms with Gasteiger partial charge in [0.05, 0.1) is 19.8 Å². The van der Waals surface area contributed by atoms with Gasteiger partial charge in [0.25, 0.3) is 5.91 Å². The second-order valence-electron chi connectivity index (χ2n) is 5.34. The van der Waals surface area contributed by atoms with Gasteiger partial charge in [0.1, 0.15) is 5.54 Å². The second-order valence-corrected chi connectivity index (χ2v) is 5.34. The minimum absolute atomic E-state index is 0.407. The number of aromatic amines is 1. The number of H-pyrrole nitrogens is 1. The molecule has 0 bridgehead atoms. The third kappa shape index (κ3) is 2.78. The van der Waals surface area contributed by atoms with Crippen molar-refractivity contribution in [2.75, 3.05) is 19.8 Å². The zero-order valence-corrected chi connectivity index (χ0v) is 12.1. The van der Waals surface area contributed by atoms with E-state index < -0.39 is 31.3 Å². The number of carbonyl (C=O) groups is 1. The lowest BCUT2D eigenvalue weighted by Crippen LogP contribution is -2.57. The Morgan fingerprint density at radius 3 is 2.38 bits per heavy atom. The van der Waals surface area contributed by atoms with Crippen LogP contribution in [0.5, 0.6) is 0 Å². The first-order valence-corrected chi connectivity index (χ1v) is 6.70. The molecule has 0 saturated carbocycles. The van der Waals surface area contributed by atoms with E-state index in [1.165, 1.54) is 0 Å². The van der Waals surface area contributed by atoms with Gasteiger partial charge < -0.3 is 25.6 Å². The van der Waals surface area contributed by atoms with E-state index in [0.29, 0.717) is 5.56 Å². The van der Waals surface area contributed by atoms with E-state index in [1.54, 1.807) is 12.1 Å². The van der Waals surface area contributed by atoms with E-state index in [0.717, 1.165) is 22.2 Å². The van der Waals surface area contributed by atoms with Crippen LogP contribution in [-0.4, -0.2) is 51.6 Å². The van der Waals surface area contributed by atoms with Crippen LogP contribution in [0.25, 0.3) is 10.9 Å². The van der Waals surface area contributed by atoms with Gasteiger partial charge in [0.15, 0.2) is 0 Å². The van der Waals surface area contributed by atoms with Crippen LogP contribution in [0.3, 0.4) is 0 Å². The Kier molecular flexibility index (Phi) is 4.32. The lowest BCUT2D eigenvalue weighted by Gasteiger charge is -2.28. The lowest BCUT2D eigenvalue weighted by molar-refractivity contribution is 0.0375. The van der Waals surface area contributed by atoms with Crippen molar-refractivity contribution < 1.29 is 20.1 Å². The Morgan fingerprint density at radius 2 is 1.81 bits per heavy atom. The number of aromatic nitrogens is 1. The minimum Gasteiger partial charge on any atom is -0.394 e. The van der Waals surface area contributed by atoms with Gasteiger partial charge in [-0.3, -0.25) is 4.79 Å². The molecule has 0 atom stereocenters. The average Bonchev–Trinajstić information content (AvgIpc) is 2.79. The maximum atomic E-state index is 12.2. The molecule has 1 aromatic carbocycles. The topological polar surface area (TPSA) is 106 Å². The summed E-state index contributed by atoms with van der Waals surface area (Å²) in [5, 5.41) is 31.2. The highest BCUT2D eigenvalue weighted by molar-refractivity contribution is 5.99. The Balaban J connectivity index is 2.33. The van der Waals surface area contributed by atoms with Crippen LogP contribution in [0.1, 0.15) is 21.6 Å². The summed E-state index contributed by atoms with van der Waals surface area (Å²) in [6, 6.07) is 5.22. The smallest absolute Gasteiger partial charge is 0.251 e. The van der Waals surface area contributed by atoms with Crippen LogP contribution in [0, 0.1) is 13.8 Å². The van der Waals surface area contributed by atoms with Crippen molar-refractivity contribution in [2.45, 2.75) is 19.4 Å². The standard InChI is InChI=1S/C15H20N2O4/c1-9-10(2)16-13-4-3-11(5-12(9)13)14(21)17-15(6-18,7-19)8-20/h3-5,16,18-20H,6-8H2,1-2H3,(H,17,21). The highest BCUT2D eigenvalue weighted by Crippen LogP contribution is 2.22. The number of fused-ring (bicyclic) bond motifs is 1. The van der Waals surface area contributed by atoms with E-state index in [-0.39, 0.29) is 0 Å². The maximum Gasteiger partial charge on any atom is 0.251 e. The summed E-state index contributed by atoms with van der Waals surface area (Å²) >= 11 is 0. The molecule has 6 nitrogen and oxygen atoms in total. The summed E-state index contributed by atoms with van der Waals surface area (Å²) in [7, 11) is 0. The molecule has 6 heteroatoms. The normalized spacial score (nSPS) is 11.9. The number of nitrogens with one attached hydrogen (secondary N) is 2. The lowest BCUT2D eigenvalue weighted by atomic mass is 10.0. The fraction of sp³-hybridized carbons (Fsp3) is 0.400. The Labute approximate surface area is 122 Å². The molecule has 21 heavy (non-hydrogen) atoms. The van der Waals surface area contributed by atoms with E-state index in [9.17, 15) is 20.1 Å². The number of benzene rings is 1. The van der Waals surface area contributed by atoms with Crippen molar-refractivity contribution in [3.8, 4) is 0 Å². The number of amides is 1. The molecule has 0 radical (unpaired) electrons. The summed E-state index contributed by atoms with van der Waals surface area (Å²) in [6.07, 6.45) is 0. The molecule has 0 unspecified atom stereocenters. The van der Waals surface area contributed by atoms with Gasteiger partial charge in [-0.05, 0) is 37.6 Å². The largest absolute Gasteiger partial charge is 0.394 e. The molecule has 1 aromatic heterocycles. The van der Waals surface area contributed by atoms with Crippen LogP contribution in [0.2, 0.25) is 0 Å². The first kappa shape index (κ1) is 15.5. The number of aliphatic hydroxyl groups is 3. The first-order valence-electron chi connectivity index (χ1n) is 6.70. The fourth-order valence-corrected chi connectivity index (χ4v) is 2.18. The highest BCUT2D eigenvalue weighted by Gasteiger charge is 2.30. The SMILES string of the molecule is Cc1[nH]c2ccc(C(=O)NC(CO)(CO)CO)cc2c1C. The molecule has 0 fully saturated rings. The molecule has 0 spiro atoms. The average molecular weight is 292 g/mol. The van der Waals surface area contributed by atoms with Crippen molar-refractivity contribution in [3.63, 3.8) is 0 Å². The number of rotatable bonds is 5. The van der Waals surface area contributed by atoms with Crippen molar-refractivity contribution >= 4 is 16.8 Å². The molecular weight excluding hydrogens is 272 g/mol. The summed E-state index contributed by atoms with van der Waals surface area (Å²) in [5.41, 5.74) is 2.04. The third-order valence-corrected chi connectivity index (χ3v) is 3.86. The predicted molar refractivity (Wildman–Crippen MR) is 79.2 cm³/mol. The summed E-state index contributed by atoms with van der Waals surface area (Å²) < 4.78 is 0. The van der Waals surface area contributed by atoms with E-state index in [1.807, 2.05) is 19.9 Å². The molecule has 0 aliphatic heterocycles. The second kappa shape index (κ2) is 5.85. The highest BCUT2D eigenvalue weighted by atomic mass is 16.3. The van der Waals surface area contributed by atoms with Crippen LogP contribution in [-0.2, 0) is 0 Å². The number of aliphatic hydroxyl groups excluding tert-OH is 3. The Hall–Kier alpha value is -1.89. The molecule has 114 valence electrons. The summed E-state index contributed by atoms with van der Waals surface area (Å²) in [4.78, 5) is 15.5. The van der Waals surface area contributed by atoms with Gasteiger partial charge in [0.2, 0.25) is 0 Å². The Bertz CT molecular complexity index is 651. The van der Waals surface area contributed by atoms with Gasteiger partial charge in [-0.1, -0.05) is 0 Å². The zero-order valence-electron chi connectivity index (χ0n) is 12.1. The molecule has 2 rings (SSSR count). The van der Waals surface area contributed by atoms with Gasteiger partial charge in [0, 0.05) is 22.2 Å². The van der Waals surface area contributed by atoms with Crippen LogP contribution in [0.4, 0.5) is 0 Å². The number of carbonyl (C=O) groups excluding carboxylic acids is 1. The monoisotopic (exact) mass is 292 g/mol. The summed E-state index contributed by atoms with van der Waals surface area (Å²) in [6.45, 7) is 2.29. The molecule has 0 aliphatic carbocycles. The van der Waals surface area contributed by atoms with Gasteiger partial charge >= 0.3 is 0 Å². The van der Waals surface area contributed by atoms with E-state index in [4.69, 9.17) is 0 Å². The molecule has 0 saturated heterocycles. The van der Waals surface area contributed by atoms with Crippen LogP contribution in [0.15, 0.2) is 18.2 Å². The molecule has 2 aromatic rings. The maximum absolute atomic E-state index is 12.2. The third-order valence-electron chi connectivity index (χ3n) is 3.86. The quantitative estimate of drug-likeness (QED) is 0.544. The number of hydrogen-bond donors (Lipinski definition) is 5. The van der Waals surface area contributed by atoms with Gasteiger partial charge in [-0.15, -0.1) is 0 Å². The number of aryl methyl sites for hydroxylation is 2. The number of hydrogen-bond acceptors (Lipinski definition) is 4. The van der Waals surface area contributed by atoms with E-state index >= 15 is 0 Å². The van der Waals surface area contributed by atoms with Crippen molar-refractivity contribution in [3.05, 3.63) is 35.0 Å². The Morgan fingerprint density at radius 1 is 1.19 bits per heavy atom. The van der Waals surface area contributed by atoms with Crippen LogP contribution >= 0.6 is 0 Å². The van der Waals surface area contributed by atoms with Gasteiger partial charge in [-0.2, -0.15) is 0 Å². The van der Waals surface area contributed by atoms with Gasteiger partial charge in [-0.25, -0.2) is 0 Å². The fourth-order valence-electron chi connectivity index (χ4n) is 2.18. The first-order chi connectivity index (χ1) is 9.96. The van der Waals surface area contributed by atoms with Crippen molar-refractivity contribution in [1.29, 1.82) is 0 Å². The summed E-state index contributed by atoms with van der Waals surface area (Å²) in [5.74, 6) is -0.452. The molecular formula is C15H20N2O4. The zero-order chi connectivity index (χ0) is 15.6. The van der Waals surface area contributed by atoms with Crippen molar-refractivity contribution in [1.82, 2.24) is 10.3 Å². The molecule has 1 amide bonds. The van der Waals surface area contributed by atoms with Crippen LogP contribution < -0.4 is 5.32 Å². The molecule has 1 heterocycles. The molecule has 5 N–H and O–H groups in total. The predicted octanol–water partition coefficient (Wildman–Crippen LogP) is 0.230. The minimum atomic E-state index is -1.42. The van der Waals surface area contributed by atoms with Crippen molar-refractivity contribution in [2.24, 2.45) is 0 Å².